The third-order valence-electron chi connectivity index (χ3n) is 2.80. The monoisotopic (exact) mass is 220 g/mol. The van der Waals surface area contributed by atoms with Crippen LogP contribution in [0.1, 0.15) is 54.9 Å². The first-order chi connectivity index (χ1) is 7.75. The van der Waals surface area contributed by atoms with Gasteiger partial charge in [0.2, 0.25) is 0 Å². The van der Waals surface area contributed by atoms with E-state index < -0.39 is 5.97 Å². The molecule has 0 fully saturated rings. The maximum absolute atomic E-state index is 11.0. The summed E-state index contributed by atoms with van der Waals surface area (Å²) in [7, 11) is 0. The molecule has 0 aliphatic carbocycles. The van der Waals surface area contributed by atoms with Crippen LogP contribution < -0.4 is 0 Å². The summed E-state index contributed by atoms with van der Waals surface area (Å²) in [6.07, 6.45) is 6.94. The first-order valence-corrected chi connectivity index (χ1v) is 6.07. The molecule has 0 radical (unpaired) electrons. The maximum atomic E-state index is 11.0. The van der Waals surface area contributed by atoms with E-state index in [2.05, 4.69) is 6.92 Å². The summed E-state index contributed by atoms with van der Waals surface area (Å²) in [5.74, 6) is -0.816. The number of unbranched alkanes of at least 4 members (excludes halogenated alkanes) is 4. The predicted octanol–water partition coefficient (Wildman–Crippen LogP) is 3.90. The van der Waals surface area contributed by atoms with E-state index >= 15 is 0 Å². The summed E-state index contributed by atoms with van der Waals surface area (Å²) in [6.45, 7) is 2.19. The second kappa shape index (κ2) is 7.04. The molecule has 1 rings (SSSR count). The molecule has 2 nitrogen and oxygen atoms in total. The fraction of sp³-hybridized carbons (Fsp3) is 0.500. The SMILES string of the molecule is CCCCCCCc1ccccc1C(=O)O. The van der Waals surface area contributed by atoms with E-state index in [1.807, 2.05) is 12.1 Å². The lowest BCUT2D eigenvalue weighted by Gasteiger charge is -2.05. The molecule has 0 atom stereocenters. The van der Waals surface area contributed by atoms with Gasteiger partial charge in [0.1, 0.15) is 0 Å². The summed E-state index contributed by atoms with van der Waals surface area (Å²) < 4.78 is 0. The minimum Gasteiger partial charge on any atom is -0.478 e. The van der Waals surface area contributed by atoms with Crippen molar-refractivity contribution < 1.29 is 9.90 Å². The zero-order chi connectivity index (χ0) is 11.8. The van der Waals surface area contributed by atoms with Crippen LogP contribution in [-0.4, -0.2) is 11.1 Å². The molecule has 0 heterocycles. The molecule has 0 aliphatic heterocycles. The first kappa shape index (κ1) is 12.8. The quantitative estimate of drug-likeness (QED) is 0.708. The lowest BCUT2D eigenvalue weighted by Crippen LogP contribution is -2.02. The molecule has 1 N–H and O–H groups in total. The van der Waals surface area contributed by atoms with Gasteiger partial charge in [0, 0.05) is 0 Å². The number of aromatic carboxylic acids is 1. The molecule has 1 aromatic rings. The molecule has 0 aromatic heterocycles. The zero-order valence-corrected chi connectivity index (χ0v) is 9.91. The molecule has 16 heavy (non-hydrogen) atoms. The van der Waals surface area contributed by atoms with Gasteiger partial charge in [-0.05, 0) is 24.5 Å². The third-order valence-corrected chi connectivity index (χ3v) is 2.80. The normalized spacial score (nSPS) is 10.3. The highest BCUT2D eigenvalue weighted by Crippen LogP contribution is 2.13. The summed E-state index contributed by atoms with van der Waals surface area (Å²) >= 11 is 0. The Morgan fingerprint density at radius 1 is 1.12 bits per heavy atom. The third kappa shape index (κ3) is 4.05. The van der Waals surface area contributed by atoms with E-state index in [0.717, 1.165) is 18.4 Å². The van der Waals surface area contributed by atoms with Crippen molar-refractivity contribution in [3.8, 4) is 0 Å². The highest BCUT2D eigenvalue weighted by molar-refractivity contribution is 5.89. The van der Waals surface area contributed by atoms with Crippen LogP contribution in [0.5, 0.6) is 0 Å². The molecular formula is C14H20O2. The number of rotatable bonds is 7. The summed E-state index contributed by atoms with van der Waals surface area (Å²) in [5, 5.41) is 9.01. The van der Waals surface area contributed by atoms with Crippen molar-refractivity contribution in [3.63, 3.8) is 0 Å². The van der Waals surface area contributed by atoms with Gasteiger partial charge in [-0.15, -0.1) is 0 Å². The number of hydrogen-bond donors (Lipinski definition) is 1. The standard InChI is InChI=1S/C14H20O2/c1-2-3-4-5-6-9-12-10-7-8-11-13(12)14(15)16/h7-8,10-11H,2-6,9H2,1H3,(H,15,16). The molecule has 0 spiro atoms. The van der Waals surface area contributed by atoms with E-state index in [4.69, 9.17) is 5.11 Å². The van der Waals surface area contributed by atoms with Gasteiger partial charge in [-0.3, -0.25) is 0 Å². The van der Waals surface area contributed by atoms with Crippen molar-refractivity contribution in [2.24, 2.45) is 0 Å². The van der Waals surface area contributed by atoms with Crippen LogP contribution in [-0.2, 0) is 6.42 Å². The van der Waals surface area contributed by atoms with Crippen molar-refractivity contribution in [3.05, 3.63) is 35.4 Å². The van der Waals surface area contributed by atoms with Crippen LogP contribution in [0.15, 0.2) is 24.3 Å². The number of hydrogen-bond acceptors (Lipinski definition) is 1. The maximum Gasteiger partial charge on any atom is 0.335 e. The lowest BCUT2D eigenvalue weighted by atomic mass is 10.0. The Balaban J connectivity index is 2.44. The molecule has 0 unspecified atom stereocenters. The number of carboxylic acid groups (broad SMARTS) is 1. The van der Waals surface area contributed by atoms with E-state index in [0.29, 0.717) is 5.56 Å². The number of benzene rings is 1. The smallest absolute Gasteiger partial charge is 0.335 e. The van der Waals surface area contributed by atoms with Crippen LogP contribution in [0, 0.1) is 0 Å². The average molecular weight is 220 g/mol. The molecule has 0 bridgehead atoms. The van der Waals surface area contributed by atoms with Crippen molar-refractivity contribution >= 4 is 5.97 Å². The minimum absolute atomic E-state index is 0.456. The van der Waals surface area contributed by atoms with Gasteiger partial charge in [-0.1, -0.05) is 50.8 Å². The Hall–Kier alpha value is -1.31. The molecule has 88 valence electrons. The topological polar surface area (TPSA) is 37.3 Å². The molecule has 0 aliphatic rings. The molecule has 2 heteroatoms. The summed E-state index contributed by atoms with van der Waals surface area (Å²) in [5.41, 5.74) is 1.42. The van der Waals surface area contributed by atoms with Gasteiger partial charge >= 0.3 is 5.97 Å². The van der Waals surface area contributed by atoms with Crippen molar-refractivity contribution in [1.82, 2.24) is 0 Å². The average Bonchev–Trinajstić information content (AvgIpc) is 2.29. The van der Waals surface area contributed by atoms with Gasteiger partial charge in [0.05, 0.1) is 5.56 Å². The second-order valence-corrected chi connectivity index (χ2v) is 4.13. The first-order valence-electron chi connectivity index (χ1n) is 6.07. The predicted molar refractivity (Wildman–Crippen MR) is 65.9 cm³/mol. The van der Waals surface area contributed by atoms with Gasteiger partial charge in [0.15, 0.2) is 0 Å². The highest BCUT2D eigenvalue weighted by atomic mass is 16.4. The van der Waals surface area contributed by atoms with Crippen LogP contribution in [0.2, 0.25) is 0 Å². The van der Waals surface area contributed by atoms with Crippen molar-refractivity contribution in [1.29, 1.82) is 0 Å². The Kier molecular flexibility index (Phi) is 5.62. The summed E-state index contributed by atoms with van der Waals surface area (Å²) in [4.78, 5) is 11.0. The van der Waals surface area contributed by atoms with Gasteiger partial charge < -0.3 is 5.11 Å². The minimum atomic E-state index is -0.816. The van der Waals surface area contributed by atoms with E-state index in [9.17, 15) is 4.79 Å². The number of carboxylic acids is 1. The van der Waals surface area contributed by atoms with Crippen molar-refractivity contribution in [2.75, 3.05) is 0 Å². The highest BCUT2D eigenvalue weighted by Gasteiger charge is 2.07. The second-order valence-electron chi connectivity index (χ2n) is 4.13. The summed E-state index contributed by atoms with van der Waals surface area (Å²) in [6, 6.07) is 7.30. The Bertz CT molecular complexity index is 331. The zero-order valence-electron chi connectivity index (χ0n) is 9.91. The van der Waals surface area contributed by atoms with Crippen LogP contribution >= 0.6 is 0 Å². The Morgan fingerprint density at radius 2 is 1.81 bits per heavy atom. The molecule has 0 amide bonds. The van der Waals surface area contributed by atoms with Gasteiger partial charge in [-0.25, -0.2) is 4.79 Å². The largest absolute Gasteiger partial charge is 0.478 e. The van der Waals surface area contributed by atoms with Gasteiger partial charge in [0.25, 0.3) is 0 Å². The van der Waals surface area contributed by atoms with Gasteiger partial charge in [-0.2, -0.15) is 0 Å². The van der Waals surface area contributed by atoms with E-state index in [-0.39, 0.29) is 0 Å². The molecule has 0 saturated heterocycles. The number of carbonyl (C=O) groups is 1. The Morgan fingerprint density at radius 3 is 2.50 bits per heavy atom. The van der Waals surface area contributed by atoms with Crippen molar-refractivity contribution in [2.45, 2.75) is 45.4 Å². The lowest BCUT2D eigenvalue weighted by molar-refractivity contribution is 0.0695. The molecule has 1 aromatic carbocycles. The fourth-order valence-corrected chi connectivity index (χ4v) is 1.87. The van der Waals surface area contributed by atoms with E-state index in [1.54, 1.807) is 12.1 Å². The van der Waals surface area contributed by atoms with E-state index in [1.165, 1.54) is 25.7 Å². The Labute approximate surface area is 97.3 Å². The van der Waals surface area contributed by atoms with Crippen LogP contribution in [0.4, 0.5) is 0 Å². The molecular weight excluding hydrogens is 200 g/mol. The van der Waals surface area contributed by atoms with Crippen LogP contribution in [0.25, 0.3) is 0 Å². The fourth-order valence-electron chi connectivity index (χ4n) is 1.87. The number of aryl methyl sites for hydroxylation is 1. The van der Waals surface area contributed by atoms with Crippen LogP contribution in [0.3, 0.4) is 0 Å². The molecule has 0 saturated carbocycles.